The van der Waals surface area contributed by atoms with Gasteiger partial charge in [0.2, 0.25) is 5.91 Å². The van der Waals surface area contributed by atoms with E-state index in [9.17, 15) is 4.79 Å². The van der Waals surface area contributed by atoms with Gasteiger partial charge in [-0.1, -0.05) is 29.8 Å². The standard InChI is InChI=1S/C18H19N3O/c1-14-2-4-16(5-3-14)13-21-18(22)10-11-20-17-8-6-15(12-19)7-9-17/h2-9,20H,10-11,13H2,1H3,(H,21,22). The molecule has 2 aromatic carbocycles. The minimum Gasteiger partial charge on any atom is -0.385 e. The molecule has 0 saturated heterocycles. The first-order valence-electron chi connectivity index (χ1n) is 7.23. The molecule has 0 aromatic heterocycles. The predicted octanol–water partition coefficient (Wildman–Crippen LogP) is 2.99. The fourth-order valence-electron chi connectivity index (χ4n) is 1.98. The molecule has 1 amide bonds. The summed E-state index contributed by atoms with van der Waals surface area (Å²) < 4.78 is 0. The minimum absolute atomic E-state index is 0.0155. The van der Waals surface area contributed by atoms with Crippen LogP contribution < -0.4 is 10.6 Å². The number of nitrogens with one attached hydrogen (secondary N) is 2. The number of hydrogen-bond donors (Lipinski definition) is 2. The first-order chi connectivity index (χ1) is 10.7. The Morgan fingerprint density at radius 3 is 2.41 bits per heavy atom. The second kappa shape index (κ2) is 7.84. The topological polar surface area (TPSA) is 64.9 Å². The van der Waals surface area contributed by atoms with E-state index in [0.29, 0.717) is 25.1 Å². The zero-order valence-corrected chi connectivity index (χ0v) is 12.6. The molecule has 112 valence electrons. The van der Waals surface area contributed by atoms with Gasteiger partial charge in [-0.3, -0.25) is 4.79 Å². The summed E-state index contributed by atoms with van der Waals surface area (Å²) in [5.74, 6) is 0.0155. The number of nitrogens with zero attached hydrogens (tertiary/aromatic N) is 1. The highest BCUT2D eigenvalue weighted by molar-refractivity contribution is 5.76. The molecule has 2 aromatic rings. The van der Waals surface area contributed by atoms with Crippen molar-refractivity contribution in [2.24, 2.45) is 0 Å². The number of carbonyl (C=O) groups is 1. The molecule has 0 saturated carbocycles. The van der Waals surface area contributed by atoms with E-state index in [-0.39, 0.29) is 5.91 Å². The molecule has 0 fully saturated rings. The Hall–Kier alpha value is -2.80. The Labute approximate surface area is 130 Å². The van der Waals surface area contributed by atoms with Gasteiger partial charge in [-0.15, -0.1) is 0 Å². The van der Waals surface area contributed by atoms with E-state index >= 15 is 0 Å². The van der Waals surface area contributed by atoms with Gasteiger partial charge in [0.15, 0.2) is 0 Å². The molecule has 2 rings (SSSR count). The van der Waals surface area contributed by atoms with Crippen LogP contribution in [0.4, 0.5) is 5.69 Å². The minimum atomic E-state index is 0.0155. The average Bonchev–Trinajstić information content (AvgIpc) is 2.55. The van der Waals surface area contributed by atoms with Crippen LogP contribution in [0.1, 0.15) is 23.1 Å². The molecule has 0 spiro atoms. The van der Waals surface area contributed by atoms with Gasteiger partial charge in [-0.25, -0.2) is 0 Å². The molecule has 0 heterocycles. The van der Waals surface area contributed by atoms with E-state index in [1.165, 1.54) is 5.56 Å². The molecule has 22 heavy (non-hydrogen) atoms. The lowest BCUT2D eigenvalue weighted by molar-refractivity contribution is -0.121. The van der Waals surface area contributed by atoms with Gasteiger partial charge in [-0.05, 0) is 36.8 Å². The van der Waals surface area contributed by atoms with Crippen LogP contribution in [0.5, 0.6) is 0 Å². The van der Waals surface area contributed by atoms with Crippen molar-refractivity contribution >= 4 is 11.6 Å². The molecule has 0 aliphatic rings. The molecular weight excluding hydrogens is 274 g/mol. The van der Waals surface area contributed by atoms with E-state index in [1.54, 1.807) is 12.1 Å². The van der Waals surface area contributed by atoms with Gasteiger partial charge in [0.05, 0.1) is 11.6 Å². The number of amides is 1. The maximum atomic E-state index is 11.8. The number of carbonyl (C=O) groups excluding carboxylic acids is 1. The lowest BCUT2D eigenvalue weighted by Gasteiger charge is -2.08. The summed E-state index contributed by atoms with van der Waals surface area (Å²) >= 11 is 0. The normalized spacial score (nSPS) is 9.82. The Bertz CT molecular complexity index is 654. The van der Waals surface area contributed by atoms with Crippen molar-refractivity contribution in [3.05, 3.63) is 65.2 Å². The summed E-state index contributed by atoms with van der Waals surface area (Å²) in [4.78, 5) is 11.8. The summed E-state index contributed by atoms with van der Waals surface area (Å²) in [6, 6.07) is 17.4. The van der Waals surface area contributed by atoms with Crippen LogP contribution in [0.25, 0.3) is 0 Å². The van der Waals surface area contributed by atoms with Gasteiger partial charge < -0.3 is 10.6 Å². The summed E-state index contributed by atoms with van der Waals surface area (Å²) in [7, 11) is 0. The van der Waals surface area contributed by atoms with Gasteiger partial charge in [0, 0.05) is 25.2 Å². The van der Waals surface area contributed by atoms with Crippen LogP contribution in [0.2, 0.25) is 0 Å². The number of nitriles is 1. The van der Waals surface area contributed by atoms with E-state index in [0.717, 1.165) is 11.3 Å². The van der Waals surface area contributed by atoms with Crippen molar-refractivity contribution in [1.82, 2.24) is 5.32 Å². The summed E-state index contributed by atoms with van der Waals surface area (Å²) in [5.41, 5.74) is 3.84. The Balaban J connectivity index is 1.69. The Morgan fingerprint density at radius 2 is 1.77 bits per heavy atom. The lowest BCUT2D eigenvalue weighted by Crippen LogP contribution is -2.24. The van der Waals surface area contributed by atoms with Crippen molar-refractivity contribution < 1.29 is 4.79 Å². The highest BCUT2D eigenvalue weighted by Crippen LogP contribution is 2.08. The highest BCUT2D eigenvalue weighted by Gasteiger charge is 2.01. The lowest BCUT2D eigenvalue weighted by atomic mass is 10.1. The number of rotatable bonds is 6. The number of anilines is 1. The third kappa shape index (κ3) is 4.95. The zero-order chi connectivity index (χ0) is 15.8. The van der Waals surface area contributed by atoms with Crippen LogP contribution in [0.15, 0.2) is 48.5 Å². The number of aryl methyl sites for hydroxylation is 1. The highest BCUT2D eigenvalue weighted by atomic mass is 16.1. The molecule has 0 unspecified atom stereocenters. The SMILES string of the molecule is Cc1ccc(CNC(=O)CCNc2ccc(C#N)cc2)cc1. The molecule has 0 atom stereocenters. The van der Waals surface area contributed by atoms with Crippen molar-refractivity contribution in [1.29, 1.82) is 5.26 Å². The molecule has 0 bridgehead atoms. The molecule has 0 aliphatic heterocycles. The van der Waals surface area contributed by atoms with Crippen molar-refractivity contribution in [2.45, 2.75) is 19.9 Å². The average molecular weight is 293 g/mol. The predicted molar refractivity (Wildman–Crippen MR) is 87.3 cm³/mol. The third-order valence-electron chi connectivity index (χ3n) is 3.31. The van der Waals surface area contributed by atoms with Crippen LogP contribution in [-0.2, 0) is 11.3 Å². The summed E-state index contributed by atoms with van der Waals surface area (Å²) in [5, 5.41) is 14.8. The van der Waals surface area contributed by atoms with E-state index < -0.39 is 0 Å². The van der Waals surface area contributed by atoms with Gasteiger partial charge >= 0.3 is 0 Å². The van der Waals surface area contributed by atoms with E-state index in [2.05, 4.69) is 16.7 Å². The smallest absolute Gasteiger partial charge is 0.222 e. The maximum absolute atomic E-state index is 11.8. The largest absolute Gasteiger partial charge is 0.385 e. The molecule has 4 heteroatoms. The Kier molecular flexibility index (Phi) is 5.56. The van der Waals surface area contributed by atoms with E-state index in [4.69, 9.17) is 5.26 Å². The second-order valence-corrected chi connectivity index (χ2v) is 5.13. The van der Waals surface area contributed by atoms with Crippen molar-refractivity contribution in [3.8, 4) is 6.07 Å². The quantitative estimate of drug-likeness (QED) is 0.860. The monoisotopic (exact) mass is 293 g/mol. The van der Waals surface area contributed by atoms with Gasteiger partial charge in [-0.2, -0.15) is 5.26 Å². The van der Waals surface area contributed by atoms with Crippen molar-refractivity contribution in [3.63, 3.8) is 0 Å². The molecular formula is C18H19N3O. The molecule has 0 radical (unpaired) electrons. The van der Waals surface area contributed by atoms with Crippen LogP contribution >= 0.6 is 0 Å². The number of benzene rings is 2. The molecule has 4 nitrogen and oxygen atoms in total. The van der Waals surface area contributed by atoms with Gasteiger partial charge in [0.1, 0.15) is 0 Å². The van der Waals surface area contributed by atoms with Gasteiger partial charge in [0.25, 0.3) is 0 Å². The van der Waals surface area contributed by atoms with Crippen LogP contribution in [0.3, 0.4) is 0 Å². The maximum Gasteiger partial charge on any atom is 0.222 e. The fourth-order valence-corrected chi connectivity index (χ4v) is 1.98. The van der Waals surface area contributed by atoms with Crippen molar-refractivity contribution in [2.75, 3.05) is 11.9 Å². The Morgan fingerprint density at radius 1 is 1.09 bits per heavy atom. The molecule has 0 aliphatic carbocycles. The second-order valence-electron chi connectivity index (χ2n) is 5.13. The van der Waals surface area contributed by atoms with E-state index in [1.807, 2.05) is 43.3 Å². The van der Waals surface area contributed by atoms with Crippen LogP contribution in [-0.4, -0.2) is 12.5 Å². The first kappa shape index (κ1) is 15.6. The fraction of sp³-hybridized carbons (Fsp3) is 0.222. The first-order valence-corrected chi connectivity index (χ1v) is 7.23. The zero-order valence-electron chi connectivity index (χ0n) is 12.6. The number of hydrogen-bond acceptors (Lipinski definition) is 3. The molecule has 2 N–H and O–H groups in total. The third-order valence-corrected chi connectivity index (χ3v) is 3.31. The summed E-state index contributed by atoms with van der Waals surface area (Å²) in [6.45, 7) is 3.15. The van der Waals surface area contributed by atoms with Crippen LogP contribution in [0, 0.1) is 18.3 Å². The summed E-state index contributed by atoms with van der Waals surface area (Å²) in [6.07, 6.45) is 0.409.